The van der Waals surface area contributed by atoms with Gasteiger partial charge in [-0.1, -0.05) is 36.4 Å². The lowest BCUT2D eigenvalue weighted by atomic mass is 10.1. The molecule has 0 bridgehead atoms. The van der Waals surface area contributed by atoms with Gasteiger partial charge in [0.2, 0.25) is 5.91 Å². The molecule has 0 atom stereocenters. The van der Waals surface area contributed by atoms with E-state index in [9.17, 15) is 14.4 Å². The molecule has 8 nitrogen and oxygen atoms in total. The molecule has 182 valence electrons. The van der Waals surface area contributed by atoms with Crippen molar-refractivity contribution in [3.05, 3.63) is 66.0 Å². The van der Waals surface area contributed by atoms with E-state index in [4.69, 9.17) is 9.47 Å². The van der Waals surface area contributed by atoms with Crippen LogP contribution in [0.1, 0.15) is 24.8 Å². The third kappa shape index (κ3) is 5.68. The van der Waals surface area contributed by atoms with Gasteiger partial charge < -0.3 is 14.2 Å². The van der Waals surface area contributed by atoms with Crippen LogP contribution in [-0.4, -0.2) is 38.2 Å². The highest BCUT2D eigenvalue weighted by molar-refractivity contribution is 6.13. The molecule has 3 amide bonds. The van der Waals surface area contributed by atoms with E-state index in [1.807, 2.05) is 30.3 Å². The zero-order valence-electron chi connectivity index (χ0n) is 19.2. The predicted octanol–water partition coefficient (Wildman–Crippen LogP) is 4.34. The summed E-state index contributed by atoms with van der Waals surface area (Å²) in [4.78, 5) is 36.4. The Labute approximate surface area is 201 Å². The second-order valence-corrected chi connectivity index (χ2v) is 8.02. The molecular formula is C26H25FN2O6. The topological polar surface area (TPSA) is 94.2 Å². The Bertz CT molecular complexity index is 1250. The number of esters is 1. The van der Waals surface area contributed by atoms with Gasteiger partial charge in [0.05, 0.1) is 13.7 Å². The van der Waals surface area contributed by atoms with Gasteiger partial charge in [-0.05, 0) is 42.0 Å². The number of benzene rings is 3. The number of hydrogen-bond acceptors (Lipinski definition) is 6. The summed E-state index contributed by atoms with van der Waals surface area (Å²) in [6.07, 6.45) is 1.54. The molecule has 9 heteroatoms. The van der Waals surface area contributed by atoms with Crippen LogP contribution in [0.25, 0.3) is 10.8 Å². The van der Waals surface area contributed by atoms with Gasteiger partial charge in [0.1, 0.15) is 30.3 Å². The van der Waals surface area contributed by atoms with Crippen LogP contribution in [0.5, 0.6) is 11.5 Å². The number of hydrogen-bond donors (Lipinski definition) is 1. The number of urea groups is 1. The molecule has 1 aliphatic rings. The summed E-state index contributed by atoms with van der Waals surface area (Å²) in [5, 5.41) is 2.96. The maximum atomic E-state index is 15.8. The van der Waals surface area contributed by atoms with E-state index in [1.165, 1.54) is 7.11 Å². The molecule has 0 aromatic heterocycles. The number of carbonyl (C=O) groups is 3. The van der Waals surface area contributed by atoms with Crippen LogP contribution in [0.3, 0.4) is 0 Å². The summed E-state index contributed by atoms with van der Waals surface area (Å²) in [5.74, 6) is -0.889. The summed E-state index contributed by atoms with van der Waals surface area (Å²) in [6.45, 7) is 0.201. The van der Waals surface area contributed by atoms with Crippen LogP contribution >= 0.6 is 0 Å². The number of imide groups is 1. The van der Waals surface area contributed by atoms with E-state index in [2.05, 4.69) is 10.1 Å². The molecule has 0 spiro atoms. The normalized spacial score (nSPS) is 13.1. The van der Waals surface area contributed by atoms with Crippen LogP contribution in [0, 0.1) is 5.82 Å². The smallest absolute Gasteiger partial charge is 0.329 e. The van der Waals surface area contributed by atoms with Crippen molar-refractivity contribution in [1.29, 1.82) is 0 Å². The van der Waals surface area contributed by atoms with Gasteiger partial charge in [-0.15, -0.1) is 0 Å². The van der Waals surface area contributed by atoms with E-state index in [-0.39, 0.29) is 35.9 Å². The summed E-state index contributed by atoms with van der Waals surface area (Å²) in [5.41, 5.74) is 0.767. The third-order valence-electron chi connectivity index (χ3n) is 5.56. The Balaban J connectivity index is 1.60. The maximum absolute atomic E-state index is 15.8. The standard InChI is InChI=1S/C26H25FN2O6/c1-33-23(31)9-5-6-12-34-19-11-10-18-13-21(35-16-17-7-3-2-4-8-17)25(24(27)20(18)14-19)29-15-22(30)28-26(29)32/h2-4,7-8,10-11,13-14H,5-6,9,12,15-16H2,1H3,(H,28,30,32). The molecule has 0 aliphatic carbocycles. The molecule has 3 aromatic rings. The Morgan fingerprint density at radius 3 is 2.57 bits per heavy atom. The zero-order valence-corrected chi connectivity index (χ0v) is 19.2. The van der Waals surface area contributed by atoms with Gasteiger partial charge in [-0.2, -0.15) is 0 Å². The first-order chi connectivity index (χ1) is 17.0. The molecule has 4 rings (SSSR count). The second-order valence-electron chi connectivity index (χ2n) is 8.02. The Morgan fingerprint density at radius 2 is 1.86 bits per heavy atom. The fraction of sp³-hybridized carbons (Fsp3) is 0.269. The van der Waals surface area contributed by atoms with Crippen molar-refractivity contribution in [2.24, 2.45) is 0 Å². The third-order valence-corrected chi connectivity index (χ3v) is 5.56. The van der Waals surface area contributed by atoms with Crippen molar-refractivity contribution in [2.75, 3.05) is 25.2 Å². The van der Waals surface area contributed by atoms with Crippen molar-refractivity contribution < 1.29 is 33.0 Å². The minimum Gasteiger partial charge on any atom is -0.494 e. The molecule has 1 heterocycles. The number of carbonyl (C=O) groups excluding carboxylic acids is 3. The lowest BCUT2D eigenvalue weighted by Gasteiger charge is -2.21. The minimum absolute atomic E-state index is 0.105. The van der Waals surface area contributed by atoms with Crippen LogP contribution in [0.2, 0.25) is 0 Å². The van der Waals surface area contributed by atoms with Crippen molar-refractivity contribution in [1.82, 2.24) is 5.32 Å². The second kappa shape index (κ2) is 10.9. The first-order valence-electron chi connectivity index (χ1n) is 11.2. The van der Waals surface area contributed by atoms with Gasteiger partial charge in [-0.25, -0.2) is 9.18 Å². The van der Waals surface area contributed by atoms with E-state index in [0.29, 0.717) is 37.0 Å². The van der Waals surface area contributed by atoms with Crippen LogP contribution < -0.4 is 19.7 Å². The zero-order chi connectivity index (χ0) is 24.8. The average molecular weight is 480 g/mol. The van der Waals surface area contributed by atoms with E-state index in [1.54, 1.807) is 24.3 Å². The van der Waals surface area contributed by atoms with E-state index in [0.717, 1.165) is 10.5 Å². The van der Waals surface area contributed by atoms with Gasteiger partial charge >= 0.3 is 12.0 Å². The number of amides is 3. The van der Waals surface area contributed by atoms with Gasteiger partial charge in [0.15, 0.2) is 5.82 Å². The number of fused-ring (bicyclic) bond motifs is 1. The monoisotopic (exact) mass is 480 g/mol. The van der Waals surface area contributed by atoms with Crippen molar-refractivity contribution >= 4 is 34.4 Å². The number of nitrogens with zero attached hydrogens (tertiary/aromatic N) is 1. The number of unbranched alkanes of at least 4 members (excludes halogenated alkanes) is 1. The Kier molecular flexibility index (Phi) is 7.45. The highest BCUT2D eigenvalue weighted by atomic mass is 19.1. The Hall–Kier alpha value is -4.14. The van der Waals surface area contributed by atoms with Crippen molar-refractivity contribution in [2.45, 2.75) is 25.9 Å². The summed E-state index contributed by atoms with van der Waals surface area (Å²) in [6, 6.07) is 15.3. The molecule has 0 radical (unpaired) electrons. The fourth-order valence-corrected chi connectivity index (χ4v) is 3.77. The van der Waals surface area contributed by atoms with Gasteiger partial charge in [0.25, 0.3) is 0 Å². The molecule has 35 heavy (non-hydrogen) atoms. The highest BCUT2D eigenvalue weighted by Gasteiger charge is 2.33. The van der Waals surface area contributed by atoms with Crippen molar-refractivity contribution in [3.63, 3.8) is 0 Å². The quantitative estimate of drug-likeness (QED) is 0.264. The highest BCUT2D eigenvalue weighted by Crippen LogP contribution is 2.39. The maximum Gasteiger partial charge on any atom is 0.329 e. The lowest BCUT2D eigenvalue weighted by Crippen LogP contribution is -2.29. The fourth-order valence-electron chi connectivity index (χ4n) is 3.77. The molecule has 3 aromatic carbocycles. The molecule has 1 aliphatic heterocycles. The van der Waals surface area contributed by atoms with Crippen LogP contribution in [0.15, 0.2) is 54.6 Å². The van der Waals surface area contributed by atoms with Gasteiger partial charge in [-0.3, -0.25) is 19.8 Å². The van der Waals surface area contributed by atoms with E-state index < -0.39 is 17.8 Å². The van der Waals surface area contributed by atoms with Crippen molar-refractivity contribution in [3.8, 4) is 11.5 Å². The summed E-state index contributed by atoms with van der Waals surface area (Å²) in [7, 11) is 1.34. The molecule has 1 fully saturated rings. The number of anilines is 1. The SMILES string of the molecule is COC(=O)CCCCOc1ccc2cc(OCc3ccccc3)c(N3CC(=O)NC3=O)c(F)c2c1. The first kappa shape index (κ1) is 24.0. The number of nitrogens with one attached hydrogen (secondary N) is 1. The summed E-state index contributed by atoms with van der Waals surface area (Å²) < 4.78 is 32.1. The van der Waals surface area contributed by atoms with Crippen LogP contribution in [0.4, 0.5) is 14.9 Å². The number of halogens is 1. The minimum atomic E-state index is -0.712. The molecule has 0 unspecified atom stereocenters. The molecular weight excluding hydrogens is 455 g/mol. The number of ether oxygens (including phenoxy) is 3. The lowest BCUT2D eigenvalue weighted by molar-refractivity contribution is -0.140. The predicted molar refractivity (Wildman–Crippen MR) is 127 cm³/mol. The van der Waals surface area contributed by atoms with Crippen LogP contribution in [-0.2, 0) is 20.9 Å². The molecule has 1 saturated heterocycles. The molecule has 1 N–H and O–H groups in total. The number of rotatable bonds is 10. The van der Waals surface area contributed by atoms with Gasteiger partial charge in [0, 0.05) is 11.8 Å². The largest absolute Gasteiger partial charge is 0.494 e. The Morgan fingerprint density at radius 1 is 1.06 bits per heavy atom. The summed E-state index contributed by atoms with van der Waals surface area (Å²) >= 11 is 0. The first-order valence-corrected chi connectivity index (χ1v) is 11.2. The molecule has 0 saturated carbocycles. The number of methoxy groups -OCH3 is 1. The van der Waals surface area contributed by atoms with E-state index >= 15 is 4.39 Å². The average Bonchev–Trinajstić information content (AvgIpc) is 3.20.